The van der Waals surface area contributed by atoms with Crippen molar-refractivity contribution in [3.8, 4) is 0 Å². The van der Waals surface area contributed by atoms with Crippen LogP contribution in [0.25, 0.3) is 0 Å². The average Bonchev–Trinajstić information content (AvgIpc) is 1.77. The third kappa shape index (κ3) is 1.46. The van der Waals surface area contributed by atoms with Crippen molar-refractivity contribution in [1.82, 2.24) is 10.6 Å². The number of hydrogen-bond acceptors (Lipinski definition) is 2. The first-order chi connectivity index (χ1) is 3.79. The van der Waals surface area contributed by atoms with Crippen LogP contribution < -0.4 is 10.6 Å². The number of hydrogen-bond donors (Lipinski definition) is 2. The highest BCUT2D eigenvalue weighted by Crippen LogP contribution is 1.93. The van der Waals surface area contributed by atoms with Crippen molar-refractivity contribution in [3.63, 3.8) is 0 Å². The summed E-state index contributed by atoms with van der Waals surface area (Å²) in [4.78, 5) is 0. The maximum atomic E-state index is 3.31. The van der Waals surface area contributed by atoms with Gasteiger partial charge < -0.3 is 10.6 Å². The maximum absolute atomic E-state index is 3.31. The molecule has 1 aliphatic rings. The van der Waals surface area contributed by atoms with Gasteiger partial charge in [0, 0.05) is 25.2 Å². The van der Waals surface area contributed by atoms with E-state index in [1.54, 1.807) is 0 Å². The lowest BCUT2D eigenvalue weighted by molar-refractivity contribution is 0.425. The molecule has 1 radical (unpaired) electrons. The van der Waals surface area contributed by atoms with Crippen molar-refractivity contribution in [1.29, 1.82) is 0 Å². The summed E-state index contributed by atoms with van der Waals surface area (Å²) in [6.45, 7) is 7.47. The molecule has 47 valence electrons. The van der Waals surface area contributed by atoms with Crippen LogP contribution in [-0.2, 0) is 0 Å². The molecule has 0 aromatic heterocycles. The summed E-state index contributed by atoms with van der Waals surface area (Å²) in [5, 5.41) is 6.56. The average molecular weight is 113 g/mol. The summed E-state index contributed by atoms with van der Waals surface area (Å²) in [6.07, 6.45) is 0. The lowest BCUT2D eigenvalue weighted by Gasteiger charge is -2.25. The van der Waals surface area contributed by atoms with Gasteiger partial charge in [0.2, 0.25) is 0 Å². The zero-order chi connectivity index (χ0) is 5.98. The highest BCUT2D eigenvalue weighted by molar-refractivity contribution is 4.85. The molecule has 1 fully saturated rings. The molecule has 2 N–H and O–H groups in total. The van der Waals surface area contributed by atoms with E-state index in [1.165, 1.54) is 0 Å². The van der Waals surface area contributed by atoms with Crippen molar-refractivity contribution >= 4 is 0 Å². The molecule has 2 nitrogen and oxygen atoms in total. The first-order valence-corrected chi connectivity index (χ1v) is 3.12. The van der Waals surface area contributed by atoms with E-state index in [0.717, 1.165) is 6.54 Å². The Morgan fingerprint density at radius 3 is 2.62 bits per heavy atom. The van der Waals surface area contributed by atoms with Gasteiger partial charge in [0.15, 0.2) is 0 Å². The fourth-order valence-corrected chi connectivity index (χ4v) is 0.789. The van der Waals surface area contributed by atoms with Gasteiger partial charge in [-0.3, -0.25) is 0 Å². The summed E-state index contributed by atoms with van der Waals surface area (Å²) in [7, 11) is 0. The Hall–Kier alpha value is -0.0800. The predicted molar refractivity (Wildman–Crippen MR) is 34.4 cm³/mol. The minimum absolute atomic E-state index is 0.534. The van der Waals surface area contributed by atoms with Crippen LogP contribution in [0, 0.1) is 6.54 Å². The molecule has 1 aliphatic heterocycles. The van der Waals surface area contributed by atoms with Crippen LogP contribution in [0.15, 0.2) is 0 Å². The van der Waals surface area contributed by atoms with Gasteiger partial charge in [-0.25, -0.2) is 0 Å². The molecular formula is C6H13N2. The molecule has 0 spiro atoms. The zero-order valence-corrected chi connectivity index (χ0v) is 5.44. The van der Waals surface area contributed by atoms with Gasteiger partial charge in [-0.15, -0.1) is 0 Å². The molecule has 0 amide bonds. The topological polar surface area (TPSA) is 24.1 Å². The van der Waals surface area contributed by atoms with E-state index in [0.29, 0.717) is 12.1 Å². The second-order valence-electron chi connectivity index (χ2n) is 2.43. The van der Waals surface area contributed by atoms with E-state index >= 15 is 0 Å². The Kier molecular flexibility index (Phi) is 1.86. The Balaban J connectivity index is 2.19. The van der Waals surface area contributed by atoms with Crippen molar-refractivity contribution < 1.29 is 0 Å². The first kappa shape index (κ1) is 6.05. The zero-order valence-electron chi connectivity index (χ0n) is 5.44. The van der Waals surface area contributed by atoms with Gasteiger partial charge >= 0.3 is 0 Å². The highest BCUT2D eigenvalue weighted by Gasteiger charge is 2.11. The maximum Gasteiger partial charge on any atom is 0.0390 e. The van der Waals surface area contributed by atoms with Gasteiger partial charge in [0.25, 0.3) is 0 Å². The van der Waals surface area contributed by atoms with Gasteiger partial charge in [-0.1, -0.05) is 0 Å². The van der Waals surface area contributed by atoms with E-state index in [4.69, 9.17) is 0 Å². The molecule has 0 aromatic carbocycles. The molecule has 0 bridgehead atoms. The molecule has 8 heavy (non-hydrogen) atoms. The molecule has 2 atom stereocenters. The molecule has 0 saturated carbocycles. The van der Waals surface area contributed by atoms with E-state index in [-0.39, 0.29) is 0 Å². The third-order valence-electron chi connectivity index (χ3n) is 1.38. The van der Waals surface area contributed by atoms with Crippen LogP contribution in [0.5, 0.6) is 0 Å². The lowest BCUT2D eigenvalue weighted by Crippen LogP contribution is -2.48. The van der Waals surface area contributed by atoms with Crippen molar-refractivity contribution in [2.45, 2.75) is 25.9 Å². The summed E-state index contributed by atoms with van der Waals surface area (Å²) in [6, 6.07) is 1.14. The molecule has 1 saturated heterocycles. The smallest absolute Gasteiger partial charge is 0.0390 e. The molecule has 0 aliphatic carbocycles. The van der Waals surface area contributed by atoms with Gasteiger partial charge in [-0.2, -0.15) is 0 Å². The minimum Gasteiger partial charge on any atom is -0.311 e. The third-order valence-corrected chi connectivity index (χ3v) is 1.38. The summed E-state index contributed by atoms with van der Waals surface area (Å²) in [5.41, 5.74) is 0. The summed E-state index contributed by atoms with van der Waals surface area (Å²) in [5.74, 6) is 0. The summed E-state index contributed by atoms with van der Waals surface area (Å²) >= 11 is 0. The SMILES string of the molecule is CC1[CH]NC(C)CN1. The quantitative estimate of drug-likeness (QED) is 0.466. The van der Waals surface area contributed by atoms with Crippen molar-refractivity contribution in [2.75, 3.05) is 6.54 Å². The van der Waals surface area contributed by atoms with Crippen LogP contribution in [0.4, 0.5) is 0 Å². The monoisotopic (exact) mass is 113 g/mol. The number of rotatable bonds is 0. The molecule has 1 heterocycles. The predicted octanol–water partition coefficient (Wildman–Crippen LogP) is 0.118. The van der Waals surface area contributed by atoms with Crippen LogP contribution in [0.2, 0.25) is 0 Å². The van der Waals surface area contributed by atoms with E-state index < -0.39 is 0 Å². The molecule has 2 heteroatoms. The van der Waals surface area contributed by atoms with Crippen LogP contribution in [0.1, 0.15) is 13.8 Å². The van der Waals surface area contributed by atoms with Crippen LogP contribution >= 0.6 is 0 Å². The highest BCUT2D eigenvalue weighted by atomic mass is 15.1. The van der Waals surface area contributed by atoms with Gasteiger partial charge in [0.1, 0.15) is 0 Å². The Bertz CT molecular complexity index is 54.9. The normalized spacial score (nSPS) is 39.8. The van der Waals surface area contributed by atoms with E-state index in [1.807, 2.05) is 0 Å². The fourth-order valence-electron chi connectivity index (χ4n) is 0.789. The largest absolute Gasteiger partial charge is 0.311 e. The Morgan fingerprint density at radius 2 is 2.25 bits per heavy atom. The molecule has 0 aromatic rings. The second kappa shape index (κ2) is 2.46. The van der Waals surface area contributed by atoms with Gasteiger partial charge in [-0.05, 0) is 13.8 Å². The number of piperazine rings is 1. The Labute approximate surface area is 50.7 Å². The van der Waals surface area contributed by atoms with Gasteiger partial charge in [0.05, 0.1) is 0 Å². The number of nitrogens with one attached hydrogen (secondary N) is 2. The van der Waals surface area contributed by atoms with E-state index in [2.05, 4.69) is 31.0 Å². The second-order valence-corrected chi connectivity index (χ2v) is 2.43. The summed E-state index contributed by atoms with van der Waals surface area (Å²) < 4.78 is 0. The first-order valence-electron chi connectivity index (χ1n) is 3.12. The fraction of sp³-hybridized carbons (Fsp3) is 0.833. The minimum atomic E-state index is 0.534. The van der Waals surface area contributed by atoms with E-state index in [9.17, 15) is 0 Å². The molecular weight excluding hydrogens is 100 g/mol. The van der Waals surface area contributed by atoms with Crippen LogP contribution in [-0.4, -0.2) is 18.6 Å². The van der Waals surface area contributed by atoms with Crippen molar-refractivity contribution in [3.05, 3.63) is 6.54 Å². The molecule has 1 rings (SSSR count). The standard InChI is InChI=1S/C6H13N2/c1-5-3-8-6(2)4-7-5/h3,5-8H,4H2,1-2H3. The van der Waals surface area contributed by atoms with Crippen LogP contribution in [0.3, 0.4) is 0 Å². The Morgan fingerprint density at radius 1 is 1.50 bits per heavy atom. The molecule has 2 unspecified atom stereocenters. The lowest BCUT2D eigenvalue weighted by atomic mass is 10.2. The van der Waals surface area contributed by atoms with Crippen molar-refractivity contribution in [2.24, 2.45) is 0 Å².